The lowest BCUT2D eigenvalue weighted by molar-refractivity contribution is -0.134. The summed E-state index contributed by atoms with van der Waals surface area (Å²) in [5.41, 5.74) is 1.31. The van der Waals surface area contributed by atoms with Crippen LogP contribution in [0.2, 0.25) is 0 Å². The van der Waals surface area contributed by atoms with Crippen LogP contribution in [-0.2, 0) is 16.1 Å². The van der Waals surface area contributed by atoms with Gasteiger partial charge < -0.3 is 14.2 Å². The topological polar surface area (TPSA) is 47.4 Å². The number of para-hydroxylation sites is 2. The Labute approximate surface area is 143 Å². The van der Waals surface area contributed by atoms with E-state index in [9.17, 15) is 13.6 Å². The van der Waals surface area contributed by atoms with Gasteiger partial charge in [0.25, 0.3) is 5.76 Å². The van der Waals surface area contributed by atoms with Gasteiger partial charge in [0.05, 0.1) is 17.1 Å². The summed E-state index contributed by atoms with van der Waals surface area (Å²) in [7, 11) is 1.67. The fourth-order valence-electron chi connectivity index (χ4n) is 2.95. The number of alkyl halides is 2. The minimum atomic E-state index is -2.58. The van der Waals surface area contributed by atoms with Gasteiger partial charge in [0, 0.05) is 20.2 Å². The summed E-state index contributed by atoms with van der Waals surface area (Å²) >= 11 is 0.371. The standard InChI is InChI=1S/C16H19F2N3O2S/c1-23-11-6-8-20(9-7-11)14(22)10-21-13-5-3-2-4-12(13)19-16(21)24-15(17)18/h2-5,11,15H,6-10H2,1H3. The van der Waals surface area contributed by atoms with Crippen LogP contribution in [-0.4, -0.2) is 52.4 Å². The molecule has 1 saturated heterocycles. The highest BCUT2D eigenvalue weighted by Gasteiger charge is 2.24. The molecule has 0 saturated carbocycles. The van der Waals surface area contributed by atoms with Gasteiger partial charge in [-0.05, 0) is 36.7 Å². The zero-order valence-corrected chi connectivity index (χ0v) is 14.1. The number of hydrogen-bond donors (Lipinski definition) is 0. The van der Waals surface area contributed by atoms with Gasteiger partial charge in [0.2, 0.25) is 5.91 Å². The minimum absolute atomic E-state index is 0.0210. The minimum Gasteiger partial charge on any atom is -0.381 e. The van der Waals surface area contributed by atoms with Gasteiger partial charge in [-0.3, -0.25) is 4.79 Å². The number of aromatic nitrogens is 2. The maximum absolute atomic E-state index is 12.8. The van der Waals surface area contributed by atoms with Gasteiger partial charge in [0.1, 0.15) is 6.54 Å². The van der Waals surface area contributed by atoms with Crippen molar-refractivity contribution in [1.29, 1.82) is 0 Å². The Bertz CT molecular complexity index is 714. The lowest BCUT2D eigenvalue weighted by atomic mass is 10.1. The van der Waals surface area contributed by atoms with E-state index in [1.165, 1.54) is 0 Å². The van der Waals surface area contributed by atoms with Crippen LogP contribution in [0.3, 0.4) is 0 Å². The molecule has 1 aliphatic heterocycles. The Kier molecular flexibility index (Phi) is 5.35. The molecule has 0 N–H and O–H groups in total. The van der Waals surface area contributed by atoms with Crippen molar-refractivity contribution in [2.24, 2.45) is 0 Å². The summed E-state index contributed by atoms with van der Waals surface area (Å²) in [6, 6.07) is 7.16. The number of benzene rings is 1. The van der Waals surface area contributed by atoms with Crippen LogP contribution in [0.5, 0.6) is 0 Å². The molecule has 0 unspecified atom stereocenters. The average Bonchev–Trinajstić information content (AvgIpc) is 2.91. The molecule has 1 aliphatic rings. The van der Waals surface area contributed by atoms with Crippen LogP contribution in [0, 0.1) is 0 Å². The molecule has 0 spiro atoms. The van der Waals surface area contributed by atoms with Crippen molar-refractivity contribution in [2.75, 3.05) is 20.2 Å². The maximum Gasteiger partial charge on any atom is 0.291 e. The van der Waals surface area contributed by atoms with E-state index < -0.39 is 5.76 Å². The molecule has 24 heavy (non-hydrogen) atoms. The molecule has 1 fully saturated rings. The van der Waals surface area contributed by atoms with Crippen molar-refractivity contribution >= 4 is 28.7 Å². The molecule has 1 aromatic heterocycles. The second kappa shape index (κ2) is 7.48. The molecule has 0 bridgehead atoms. The first-order chi connectivity index (χ1) is 11.6. The van der Waals surface area contributed by atoms with E-state index in [1.54, 1.807) is 34.8 Å². The zero-order chi connectivity index (χ0) is 17.1. The molecule has 5 nitrogen and oxygen atoms in total. The van der Waals surface area contributed by atoms with Crippen molar-refractivity contribution in [2.45, 2.75) is 36.4 Å². The number of carbonyl (C=O) groups is 1. The summed E-state index contributed by atoms with van der Waals surface area (Å²) in [6.45, 7) is 1.27. The van der Waals surface area contributed by atoms with Gasteiger partial charge >= 0.3 is 0 Å². The number of fused-ring (bicyclic) bond motifs is 1. The number of ether oxygens (including phenoxy) is 1. The predicted octanol–water partition coefficient (Wildman–Crippen LogP) is 2.99. The lowest BCUT2D eigenvalue weighted by Gasteiger charge is -2.31. The summed E-state index contributed by atoms with van der Waals surface area (Å²) < 4.78 is 32.5. The quantitative estimate of drug-likeness (QED) is 0.774. The van der Waals surface area contributed by atoms with Crippen molar-refractivity contribution in [3.63, 3.8) is 0 Å². The number of likely N-dealkylation sites (tertiary alicyclic amines) is 1. The summed E-state index contributed by atoms with van der Waals surface area (Å²) in [5, 5.41) is 0.173. The number of imidazole rings is 1. The van der Waals surface area contributed by atoms with Crippen LogP contribution < -0.4 is 0 Å². The van der Waals surface area contributed by atoms with Crippen molar-refractivity contribution in [3.8, 4) is 0 Å². The van der Waals surface area contributed by atoms with Gasteiger partial charge in [-0.15, -0.1) is 0 Å². The number of rotatable bonds is 5. The van der Waals surface area contributed by atoms with Gasteiger partial charge in [-0.1, -0.05) is 12.1 Å². The Morgan fingerprint density at radius 3 is 2.75 bits per heavy atom. The van der Waals surface area contributed by atoms with Crippen molar-refractivity contribution in [3.05, 3.63) is 24.3 Å². The first kappa shape index (κ1) is 17.2. The van der Waals surface area contributed by atoms with E-state index in [0.29, 0.717) is 35.9 Å². The number of halogens is 2. The first-order valence-corrected chi connectivity index (χ1v) is 8.67. The summed E-state index contributed by atoms with van der Waals surface area (Å²) in [6.07, 6.45) is 1.78. The van der Waals surface area contributed by atoms with E-state index in [4.69, 9.17) is 4.74 Å². The normalized spacial score (nSPS) is 16.2. The van der Waals surface area contributed by atoms with Crippen LogP contribution in [0.4, 0.5) is 8.78 Å². The lowest BCUT2D eigenvalue weighted by Crippen LogP contribution is -2.42. The summed E-state index contributed by atoms with van der Waals surface area (Å²) in [4.78, 5) is 18.6. The molecular weight excluding hydrogens is 336 g/mol. The molecule has 130 valence electrons. The molecule has 1 amide bonds. The predicted molar refractivity (Wildman–Crippen MR) is 88.2 cm³/mol. The molecule has 2 aromatic rings. The van der Waals surface area contributed by atoms with Crippen LogP contribution >= 0.6 is 11.8 Å². The Hall–Kier alpha value is -1.67. The van der Waals surface area contributed by atoms with E-state index in [2.05, 4.69) is 4.98 Å². The Morgan fingerprint density at radius 1 is 1.38 bits per heavy atom. The van der Waals surface area contributed by atoms with E-state index in [-0.39, 0.29) is 23.7 Å². The maximum atomic E-state index is 12.8. The third-order valence-corrected chi connectivity index (χ3v) is 4.94. The Balaban J connectivity index is 1.79. The second-order valence-corrected chi connectivity index (χ2v) is 6.62. The Morgan fingerprint density at radius 2 is 2.08 bits per heavy atom. The van der Waals surface area contributed by atoms with Gasteiger partial charge in [-0.2, -0.15) is 8.78 Å². The molecule has 0 radical (unpaired) electrons. The number of hydrogen-bond acceptors (Lipinski definition) is 4. The van der Waals surface area contributed by atoms with Crippen molar-refractivity contribution < 1.29 is 18.3 Å². The second-order valence-electron chi connectivity index (χ2n) is 5.66. The fourth-order valence-corrected chi connectivity index (χ4v) is 3.55. The molecular formula is C16H19F2N3O2S. The van der Waals surface area contributed by atoms with Crippen LogP contribution in [0.1, 0.15) is 12.8 Å². The number of amides is 1. The van der Waals surface area contributed by atoms with Crippen molar-refractivity contribution in [1.82, 2.24) is 14.5 Å². The fraction of sp³-hybridized carbons (Fsp3) is 0.500. The highest BCUT2D eigenvalue weighted by molar-refractivity contribution is 7.99. The van der Waals surface area contributed by atoms with E-state index in [0.717, 1.165) is 12.8 Å². The molecule has 8 heteroatoms. The number of nitrogens with zero attached hydrogens (tertiary/aromatic N) is 3. The van der Waals surface area contributed by atoms with Crippen LogP contribution in [0.25, 0.3) is 11.0 Å². The SMILES string of the molecule is COC1CCN(C(=O)Cn2c(SC(F)F)nc3ccccc32)CC1. The van der Waals surface area contributed by atoms with Gasteiger partial charge in [-0.25, -0.2) is 4.98 Å². The number of methoxy groups -OCH3 is 1. The van der Waals surface area contributed by atoms with E-state index in [1.807, 2.05) is 6.07 Å². The number of thioether (sulfide) groups is 1. The van der Waals surface area contributed by atoms with Gasteiger partial charge in [0.15, 0.2) is 5.16 Å². The highest BCUT2D eigenvalue weighted by Crippen LogP contribution is 2.28. The molecule has 0 aliphatic carbocycles. The first-order valence-electron chi connectivity index (χ1n) is 7.79. The molecule has 1 aromatic carbocycles. The van der Waals surface area contributed by atoms with Crippen LogP contribution in [0.15, 0.2) is 29.4 Å². The molecule has 3 rings (SSSR count). The molecule has 2 heterocycles. The third-order valence-electron chi connectivity index (χ3n) is 4.24. The number of carbonyl (C=O) groups excluding carboxylic acids is 1. The largest absolute Gasteiger partial charge is 0.381 e. The zero-order valence-electron chi connectivity index (χ0n) is 13.3. The average molecular weight is 355 g/mol. The third kappa shape index (κ3) is 3.70. The number of piperidine rings is 1. The summed E-state index contributed by atoms with van der Waals surface area (Å²) in [5.74, 6) is -2.66. The highest BCUT2D eigenvalue weighted by atomic mass is 32.2. The molecule has 0 atom stereocenters. The smallest absolute Gasteiger partial charge is 0.291 e. The monoisotopic (exact) mass is 355 g/mol. The van der Waals surface area contributed by atoms with E-state index >= 15 is 0 Å².